The number of hydrogen-bond donors (Lipinski definition) is 5. The molecule has 0 aromatic rings. The standard InChI is InChI=1S/C38H69NO5/c1-3-5-7-9-11-12-13-14-15-16-17-19-25-31-37(43)36(33-40)39-38(44)32-26-30-35(42)29-24-21-20-23-28-34(41)27-22-18-10-8-6-4-2/h18,20-24,28-29,34-37,40-43H,3-17,19,25-27,30-33H2,1-2H3,(H,39,44)/b21-20+,22-18-,28-23+,29-24-/t34-,35-,36-,37+/m0/s1. The van der Waals surface area contributed by atoms with Gasteiger partial charge in [-0.15, -0.1) is 0 Å². The number of carbonyl (C=O) groups is 1. The maximum absolute atomic E-state index is 12.3. The van der Waals surface area contributed by atoms with E-state index < -0.39 is 24.4 Å². The molecule has 0 aliphatic rings. The summed E-state index contributed by atoms with van der Waals surface area (Å²) in [6, 6.07) is -0.650. The number of amides is 1. The number of allylic oxidation sites excluding steroid dienone is 5. The van der Waals surface area contributed by atoms with Gasteiger partial charge in [0.1, 0.15) is 0 Å². The van der Waals surface area contributed by atoms with E-state index in [-0.39, 0.29) is 18.9 Å². The Hall–Kier alpha value is -1.73. The van der Waals surface area contributed by atoms with Gasteiger partial charge in [-0.3, -0.25) is 4.79 Å². The Morgan fingerprint density at radius 3 is 1.70 bits per heavy atom. The van der Waals surface area contributed by atoms with Gasteiger partial charge in [-0.2, -0.15) is 0 Å². The monoisotopic (exact) mass is 620 g/mol. The Labute approximate surface area is 270 Å². The van der Waals surface area contributed by atoms with Crippen LogP contribution in [0.1, 0.15) is 155 Å². The first-order chi connectivity index (χ1) is 21.4. The van der Waals surface area contributed by atoms with Crippen molar-refractivity contribution in [2.75, 3.05) is 6.61 Å². The fourth-order valence-electron chi connectivity index (χ4n) is 5.14. The summed E-state index contributed by atoms with van der Waals surface area (Å²) in [4.78, 5) is 12.3. The molecule has 0 aromatic heterocycles. The second kappa shape index (κ2) is 32.7. The molecule has 0 saturated carbocycles. The molecule has 4 atom stereocenters. The van der Waals surface area contributed by atoms with Crippen molar-refractivity contribution in [3.63, 3.8) is 0 Å². The number of hydrogen-bond acceptors (Lipinski definition) is 5. The first-order valence-electron chi connectivity index (χ1n) is 18.1. The van der Waals surface area contributed by atoms with Crippen molar-refractivity contribution in [1.29, 1.82) is 0 Å². The molecule has 44 heavy (non-hydrogen) atoms. The SMILES string of the molecule is CCCCC/C=C\C[C@H](O)/C=C/C=C/C=C\[C@H](O)CCCC(=O)N[C@@H](CO)[C@H](O)CCCCCCCCCCCCCCC. The second-order valence-corrected chi connectivity index (χ2v) is 12.3. The lowest BCUT2D eigenvalue weighted by Crippen LogP contribution is -2.45. The first kappa shape index (κ1) is 42.3. The molecule has 0 saturated heterocycles. The second-order valence-electron chi connectivity index (χ2n) is 12.3. The van der Waals surface area contributed by atoms with E-state index in [1.165, 1.54) is 89.9 Å². The Bertz CT molecular complexity index is 748. The van der Waals surface area contributed by atoms with Crippen molar-refractivity contribution in [1.82, 2.24) is 5.32 Å². The predicted molar refractivity (Wildman–Crippen MR) is 187 cm³/mol. The zero-order valence-electron chi connectivity index (χ0n) is 28.4. The quantitative estimate of drug-likeness (QED) is 0.0304. The zero-order chi connectivity index (χ0) is 32.5. The lowest BCUT2D eigenvalue weighted by molar-refractivity contribution is -0.123. The largest absolute Gasteiger partial charge is 0.394 e. The molecule has 0 aliphatic carbocycles. The topological polar surface area (TPSA) is 110 Å². The molecule has 0 fully saturated rings. The predicted octanol–water partition coefficient (Wildman–Crippen LogP) is 8.39. The minimum atomic E-state index is -0.751. The first-order valence-corrected chi connectivity index (χ1v) is 18.1. The maximum atomic E-state index is 12.3. The van der Waals surface area contributed by atoms with Crippen LogP contribution in [0.3, 0.4) is 0 Å². The van der Waals surface area contributed by atoms with Crippen LogP contribution in [0.15, 0.2) is 48.6 Å². The highest BCUT2D eigenvalue weighted by Gasteiger charge is 2.20. The zero-order valence-corrected chi connectivity index (χ0v) is 28.4. The van der Waals surface area contributed by atoms with Gasteiger partial charge < -0.3 is 25.7 Å². The van der Waals surface area contributed by atoms with Crippen molar-refractivity contribution < 1.29 is 25.2 Å². The Morgan fingerprint density at radius 1 is 0.614 bits per heavy atom. The van der Waals surface area contributed by atoms with Gasteiger partial charge in [0.05, 0.1) is 31.0 Å². The van der Waals surface area contributed by atoms with Crippen LogP contribution < -0.4 is 5.32 Å². The fourth-order valence-corrected chi connectivity index (χ4v) is 5.14. The molecule has 0 radical (unpaired) electrons. The third-order valence-electron chi connectivity index (χ3n) is 8.03. The van der Waals surface area contributed by atoms with Crippen LogP contribution >= 0.6 is 0 Å². The van der Waals surface area contributed by atoms with E-state index in [0.717, 1.165) is 19.3 Å². The van der Waals surface area contributed by atoms with Crippen LogP contribution in [0, 0.1) is 0 Å². The highest BCUT2D eigenvalue weighted by atomic mass is 16.3. The highest BCUT2D eigenvalue weighted by Crippen LogP contribution is 2.14. The highest BCUT2D eigenvalue weighted by molar-refractivity contribution is 5.76. The van der Waals surface area contributed by atoms with Crippen LogP contribution in [0.2, 0.25) is 0 Å². The molecule has 0 spiro atoms. The molecule has 6 heteroatoms. The van der Waals surface area contributed by atoms with Crippen molar-refractivity contribution in [2.45, 2.75) is 179 Å². The molecule has 0 aromatic carbocycles. The van der Waals surface area contributed by atoms with E-state index in [2.05, 4.69) is 25.2 Å². The summed E-state index contributed by atoms with van der Waals surface area (Å²) in [6.07, 6.45) is 36.4. The molecule has 5 N–H and O–H groups in total. The minimum Gasteiger partial charge on any atom is -0.394 e. The Morgan fingerprint density at radius 2 is 1.14 bits per heavy atom. The molecule has 0 heterocycles. The summed E-state index contributed by atoms with van der Waals surface area (Å²) < 4.78 is 0. The average Bonchev–Trinajstić information content (AvgIpc) is 3.01. The number of rotatable bonds is 31. The van der Waals surface area contributed by atoms with Gasteiger partial charge in [-0.25, -0.2) is 0 Å². The van der Waals surface area contributed by atoms with Crippen LogP contribution in [0.25, 0.3) is 0 Å². The van der Waals surface area contributed by atoms with E-state index in [9.17, 15) is 25.2 Å². The number of aliphatic hydroxyl groups excluding tert-OH is 4. The third kappa shape index (κ3) is 29.0. The molecule has 0 aliphatic heterocycles. The van der Waals surface area contributed by atoms with Crippen molar-refractivity contribution in [3.05, 3.63) is 48.6 Å². The normalized spacial score (nSPS) is 15.1. The van der Waals surface area contributed by atoms with Crippen molar-refractivity contribution >= 4 is 5.91 Å². The van der Waals surface area contributed by atoms with Gasteiger partial charge in [0, 0.05) is 6.42 Å². The molecule has 0 bridgehead atoms. The number of carbonyl (C=O) groups excluding carboxylic acids is 1. The van der Waals surface area contributed by atoms with Crippen LogP contribution in [0.4, 0.5) is 0 Å². The van der Waals surface area contributed by atoms with E-state index in [4.69, 9.17) is 0 Å². The molecule has 256 valence electrons. The molecule has 6 nitrogen and oxygen atoms in total. The van der Waals surface area contributed by atoms with Gasteiger partial charge in [0.15, 0.2) is 0 Å². The van der Waals surface area contributed by atoms with E-state index in [1.807, 2.05) is 12.2 Å². The maximum Gasteiger partial charge on any atom is 0.220 e. The molecule has 0 unspecified atom stereocenters. The van der Waals surface area contributed by atoms with E-state index in [1.54, 1.807) is 30.4 Å². The summed E-state index contributed by atoms with van der Waals surface area (Å²) in [5, 5.41) is 43.0. The van der Waals surface area contributed by atoms with Gasteiger partial charge in [0.25, 0.3) is 0 Å². The van der Waals surface area contributed by atoms with E-state index in [0.29, 0.717) is 25.7 Å². The fraction of sp³-hybridized carbons (Fsp3) is 0.763. The Kier molecular flexibility index (Phi) is 31.4. The average molecular weight is 620 g/mol. The number of unbranched alkanes of at least 4 members (excludes halogenated alkanes) is 15. The van der Waals surface area contributed by atoms with Crippen molar-refractivity contribution in [2.24, 2.45) is 0 Å². The molecule has 0 rings (SSSR count). The smallest absolute Gasteiger partial charge is 0.220 e. The minimum absolute atomic E-state index is 0.218. The third-order valence-corrected chi connectivity index (χ3v) is 8.03. The number of nitrogens with one attached hydrogen (secondary N) is 1. The van der Waals surface area contributed by atoms with Gasteiger partial charge >= 0.3 is 0 Å². The van der Waals surface area contributed by atoms with Crippen molar-refractivity contribution in [3.8, 4) is 0 Å². The summed E-state index contributed by atoms with van der Waals surface area (Å²) in [7, 11) is 0. The molecule has 1 amide bonds. The van der Waals surface area contributed by atoms with Gasteiger partial charge in [-0.05, 0) is 38.5 Å². The van der Waals surface area contributed by atoms with Gasteiger partial charge in [-0.1, -0.05) is 159 Å². The summed E-state index contributed by atoms with van der Waals surface area (Å²) >= 11 is 0. The lowest BCUT2D eigenvalue weighted by Gasteiger charge is -2.22. The molecular formula is C38H69NO5. The van der Waals surface area contributed by atoms with Crippen LogP contribution in [0.5, 0.6) is 0 Å². The Balaban J connectivity index is 3.92. The summed E-state index contributed by atoms with van der Waals surface area (Å²) in [5.74, 6) is -0.218. The van der Waals surface area contributed by atoms with Gasteiger partial charge in [0.2, 0.25) is 5.91 Å². The summed E-state index contributed by atoms with van der Waals surface area (Å²) in [6.45, 7) is 4.15. The number of aliphatic hydroxyl groups is 4. The van der Waals surface area contributed by atoms with Crippen LogP contribution in [-0.4, -0.2) is 57.3 Å². The molecular weight excluding hydrogens is 550 g/mol. The van der Waals surface area contributed by atoms with Crippen LogP contribution in [-0.2, 0) is 4.79 Å². The summed E-state index contributed by atoms with van der Waals surface area (Å²) in [5.41, 5.74) is 0. The van der Waals surface area contributed by atoms with E-state index >= 15 is 0 Å². The lowest BCUT2D eigenvalue weighted by atomic mass is 10.0.